The Balaban J connectivity index is 1.61. The SMILES string of the molecule is O=C(/C=C/c1ccccc1Cl)Nc1ccc(C(=O)Nc2cccc(C(F)(F)F)c2)cc1. The number of nitrogens with one attached hydrogen (secondary N) is 2. The number of halogens is 4. The van der Waals surface area contributed by atoms with Crippen molar-refractivity contribution in [1.29, 1.82) is 0 Å². The topological polar surface area (TPSA) is 58.2 Å². The first kappa shape index (κ1) is 22.1. The molecule has 3 aromatic rings. The molecule has 31 heavy (non-hydrogen) atoms. The molecule has 0 heterocycles. The van der Waals surface area contributed by atoms with Crippen LogP contribution in [0.5, 0.6) is 0 Å². The zero-order chi connectivity index (χ0) is 22.4. The monoisotopic (exact) mass is 444 g/mol. The van der Waals surface area contributed by atoms with Crippen molar-refractivity contribution >= 4 is 40.9 Å². The molecule has 2 amide bonds. The second-order valence-corrected chi connectivity index (χ2v) is 6.86. The van der Waals surface area contributed by atoms with Crippen molar-refractivity contribution in [3.05, 3.63) is 101 Å². The molecule has 8 heteroatoms. The van der Waals surface area contributed by atoms with Gasteiger partial charge in [0.25, 0.3) is 5.91 Å². The summed E-state index contributed by atoms with van der Waals surface area (Å²) < 4.78 is 38.4. The summed E-state index contributed by atoms with van der Waals surface area (Å²) in [5.74, 6) is -0.961. The molecule has 0 fully saturated rings. The molecule has 0 unspecified atom stereocenters. The third-order valence-corrected chi connectivity index (χ3v) is 4.53. The van der Waals surface area contributed by atoms with E-state index < -0.39 is 17.6 Å². The summed E-state index contributed by atoms with van der Waals surface area (Å²) in [7, 11) is 0. The van der Waals surface area contributed by atoms with Gasteiger partial charge in [0, 0.05) is 28.0 Å². The van der Waals surface area contributed by atoms with E-state index in [1.807, 2.05) is 0 Å². The van der Waals surface area contributed by atoms with Gasteiger partial charge in [0.15, 0.2) is 0 Å². The van der Waals surface area contributed by atoms with Gasteiger partial charge in [0.05, 0.1) is 5.56 Å². The highest BCUT2D eigenvalue weighted by molar-refractivity contribution is 6.32. The van der Waals surface area contributed by atoms with Crippen LogP contribution < -0.4 is 10.6 Å². The highest BCUT2D eigenvalue weighted by Crippen LogP contribution is 2.30. The predicted molar refractivity (Wildman–Crippen MR) is 115 cm³/mol. The van der Waals surface area contributed by atoms with E-state index >= 15 is 0 Å². The minimum absolute atomic E-state index is 0.0296. The van der Waals surface area contributed by atoms with Crippen molar-refractivity contribution in [3.63, 3.8) is 0 Å². The third kappa shape index (κ3) is 6.20. The smallest absolute Gasteiger partial charge is 0.323 e. The van der Waals surface area contributed by atoms with Crippen molar-refractivity contribution in [2.45, 2.75) is 6.18 Å². The maximum Gasteiger partial charge on any atom is 0.416 e. The van der Waals surface area contributed by atoms with Gasteiger partial charge in [-0.2, -0.15) is 13.2 Å². The van der Waals surface area contributed by atoms with Crippen LogP contribution >= 0.6 is 11.6 Å². The van der Waals surface area contributed by atoms with Crippen LogP contribution in [0.25, 0.3) is 6.08 Å². The van der Waals surface area contributed by atoms with E-state index in [-0.39, 0.29) is 17.2 Å². The Morgan fingerprint density at radius 2 is 1.55 bits per heavy atom. The van der Waals surface area contributed by atoms with Crippen molar-refractivity contribution in [1.82, 2.24) is 0 Å². The summed E-state index contributed by atoms with van der Waals surface area (Å²) in [6, 6.07) is 17.4. The van der Waals surface area contributed by atoms with Gasteiger partial charge >= 0.3 is 6.18 Å². The van der Waals surface area contributed by atoms with E-state index in [1.165, 1.54) is 42.5 Å². The molecule has 0 aliphatic rings. The second-order valence-electron chi connectivity index (χ2n) is 6.45. The molecule has 0 atom stereocenters. The number of anilines is 2. The minimum Gasteiger partial charge on any atom is -0.323 e. The first-order chi connectivity index (χ1) is 14.7. The number of carbonyl (C=O) groups is 2. The van der Waals surface area contributed by atoms with Gasteiger partial charge in [-0.3, -0.25) is 9.59 Å². The lowest BCUT2D eigenvalue weighted by Crippen LogP contribution is -2.13. The maximum absolute atomic E-state index is 12.8. The maximum atomic E-state index is 12.8. The van der Waals surface area contributed by atoms with Crippen LogP contribution in [0.2, 0.25) is 5.02 Å². The van der Waals surface area contributed by atoms with Crippen LogP contribution in [0.3, 0.4) is 0 Å². The molecule has 0 spiro atoms. The Morgan fingerprint density at radius 1 is 0.839 bits per heavy atom. The lowest BCUT2D eigenvalue weighted by atomic mass is 10.1. The molecule has 0 aliphatic heterocycles. The normalized spacial score (nSPS) is 11.4. The lowest BCUT2D eigenvalue weighted by molar-refractivity contribution is -0.137. The first-order valence-corrected chi connectivity index (χ1v) is 9.42. The molecule has 0 aliphatic carbocycles. The van der Waals surface area contributed by atoms with Crippen molar-refractivity contribution in [2.75, 3.05) is 10.6 Å². The summed E-state index contributed by atoms with van der Waals surface area (Å²) in [6.45, 7) is 0. The number of hydrogen-bond acceptors (Lipinski definition) is 2. The number of carbonyl (C=O) groups excluding carboxylic acids is 2. The molecule has 158 valence electrons. The van der Waals surface area contributed by atoms with Crippen LogP contribution in [0, 0.1) is 0 Å². The molecule has 0 bridgehead atoms. The zero-order valence-corrected chi connectivity index (χ0v) is 16.7. The van der Waals surface area contributed by atoms with Gasteiger partial charge < -0.3 is 10.6 Å². The van der Waals surface area contributed by atoms with Gasteiger partial charge in [0.2, 0.25) is 5.91 Å². The molecule has 3 rings (SSSR count). The fourth-order valence-corrected chi connectivity index (χ4v) is 2.84. The van der Waals surface area contributed by atoms with E-state index in [2.05, 4.69) is 10.6 Å². The standard InChI is InChI=1S/C23H16ClF3N2O2/c24-20-7-2-1-4-15(20)10-13-21(30)28-18-11-8-16(9-12-18)22(31)29-19-6-3-5-17(14-19)23(25,26)27/h1-14H,(H,28,30)(H,29,31)/b13-10+. The molecule has 3 aromatic carbocycles. The number of alkyl halides is 3. The number of hydrogen-bond donors (Lipinski definition) is 2. The second kappa shape index (κ2) is 9.49. The molecule has 0 saturated heterocycles. The van der Waals surface area contributed by atoms with Crippen LogP contribution in [0.4, 0.5) is 24.5 Å². The van der Waals surface area contributed by atoms with Gasteiger partial charge in [0.1, 0.15) is 0 Å². The minimum atomic E-state index is -4.50. The van der Waals surface area contributed by atoms with E-state index in [9.17, 15) is 22.8 Å². The largest absolute Gasteiger partial charge is 0.416 e. The highest BCUT2D eigenvalue weighted by atomic mass is 35.5. The molecule has 0 radical (unpaired) electrons. The average Bonchev–Trinajstić information content (AvgIpc) is 2.73. The first-order valence-electron chi connectivity index (χ1n) is 9.04. The molecule has 0 saturated carbocycles. The van der Waals surface area contributed by atoms with Crippen LogP contribution in [-0.2, 0) is 11.0 Å². The van der Waals surface area contributed by atoms with Crippen LogP contribution in [-0.4, -0.2) is 11.8 Å². The molecule has 4 nitrogen and oxygen atoms in total. The zero-order valence-electron chi connectivity index (χ0n) is 15.9. The third-order valence-electron chi connectivity index (χ3n) is 4.18. The molecular weight excluding hydrogens is 429 g/mol. The van der Waals surface area contributed by atoms with Crippen molar-refractivity contribution in [2.24, 2.45) is 0 Å². The number of amides is 2. The number of rotatable bonds is 5. The molecular formula is C23H16ClF3N2O2. The highest BCUT2D eigenvalue weighted by Gasteiger charge is 2.30. The molecule has 0 aromatic heterocycles. The van der Waals surface area contributed by atoms with Gasteiger partial charge in [-0.05, 0) is 60.2 Å². The summed E-state index contributed by atoms with van der Waals surface area (Å²) in [4.78, 5) is 24.4. The van der Waals surface area contributed by atoms with Crippen molar-refractivity contribution < 1.29 is 22.8 Å². The summed E-state index contributed by atoms with van der Waals surface area (Å²) >= 11 is 6.03. The Labute approximate surface area is 181 Å². The summed E-state index contributed by atoms with van der Waals surface area (Å²) in [6.07, 6.45) is -1.59. The van der Waals surface area contributed by atoms with E-state index in [4.69, 9.17) is 11.6 Å². The summed E-state index contributed by atoms with van der Waals surface area (Å²) in [5.41, 5.74) is 0.544. The van der Waals surface area contributed by atoms with Crippen LogP contribution in [0.1, 0.15) is 21.5 Å². The Bertz CT molecular complexity index is 1130. The van der Waals surface area contributed by atoms with E-state index in [0.717, 1.165) is 12.1 Å². The molecule has 2 N–H and O–H groups in total. The Kier molecular flexibility index (Phi) is 6.77. The van der Waals surface area contributed by atoms with E-state index in [0.29, 0.717) is 16.3 Å². The van der Waals surface area contributed by atoms with Crippen molar-refractivity contribution in [3.8, 4) is 0 Å². The van der Waals surface area contributed by atoms with Gasteiger partial charge in [-0.25, -0.2) is 0 Å². The Hall–Kier alpha value is -3.58. The summed E-state index contributed by atoms with van der Waals surface area (Å²) in [5, 5.41) is 5.59. The van der Waals surface area contributed by atoms with Crippen LogP contribution in [0.15, 0.2) is 78.9 Å². The average molecular weight is 445 g/mol. The number of benzene rings is 3. The fourth-order valence-electron chi connectivity index (χ4n) is 2.64. The van der Waals surface area contributed by atoms with Gasteiger partial charge in [-0.1, -0.05) is 35.9 Å². The fraction of sp³-hybridized carbons (Fsp3) is 0.0435. The predicted octanol–water partition coefficient (Wildman–Crippen LogP) is 6.26. The van der Waals surface area contributed by atoms with Gasteiger partial charge in [-0.15, -0.1) is 0 Å². The quantitative estimate of drug-likeness (QED) is 0.456. The Morgan fingerprint density at radius 3 is 2.23 bits per heavy atom. The lowest BCUT2D eigenvalue weighted by Gasteiger charge is -2.10. The van der Waals surface area contributed by atoms with E-state index in [1.54, 1.807) is 30.3 Å².